The van der Waals surface area contributed by atoms with Crippen molar-refractivity contribution in [2.75, 3.05) is 25.5 Å². The minimum atomic E-state index is 0.00385. The van der Waals surface area contributed by atoms with Crippen molar-refractivity contribution in [1.29, 1.82) is 0 Å². The molecular weight excluding hydrogens is 362 g/mol. The fourth-order valence-electron chi connectivity index (χ4n) is 3.44. The number of carbonyl (C=O) groups is 1. The van der Waals surface area contributed by atoms with Crippen LogP contribution in [0.25, 0.3) is 0 Å². The van der Waals surface area contributed by atoms with E-state index < -0.39 is 0 Å². The quantitative estimate of drug-likeness (QED) is 0.703. The van der Waals surface area contributed by atoms with Gasteiger partial charge in [-0.05, 0) is 43.2 Å². The lowest BCUT2D eigenvalue weighted by Crippen LogP contribution is -2.38. The Hall–Kier alpha value is -2.27. The lowest BCUT2D eigenvalue weighted by Gasteiger charge is -2.31. The highest BCUT2D eigenvalue weighted by Gasteiger charge is 2.23. The molecule has 1 aromatic heterocycles. The maximum Gasteiger partial charge on any atom is 0.254 e. The number of carbonyl (C=O) groups excluding carboxylic acids is 1. The summed E-state index contributed by atoms with van der Waals surface area (Å²) in [6, 6.07) is 9.35. The second kappa shape index (κ2) is 9.60. The molecule has 5 nitrogen and oxygen atoms in total. The standard InChI is InChI=1S/C21H26ClN3O2/c1-25(19-5-3-2-4-6-19)21(26)16-13-17(22)15-20(14-16)27-12-11-24-18-7-9-23-10-8-18/h7-10,13-15,19H,2-6,11-12H2,1H3,(H,23,24). The topological polar surface area (TPSA) is 54.5 Å². The Morgan fingerprint density at radius 1 is 1.22 bits per heavy atom. The number of aromatic nitrogens is 1. The van der Waals surface area contributed by atoms with Crippen molar-refractivity contribution in [3.05, 3.63) is 53.3 Å². The minimum absolute atomic E-state index is 0.00385. The highest BCUT2D eigenvalue weighted by Crippen LogP contribution is 2.26. The van der Waals surface area contributed by atoms with E-state index in [-0.39, 0.29) is 5.91 Å². The first-order valence-electron chi connectivity index (χ1n) is 9.48. The summed E-state index contributed by atoms with van der Waals surface area (Å²) in [5, 5.41) is 3.76. The van der Waals surface area contributed by atoms with Crippen LogP contribution in [0.4, 0.5) is 5.69 Å². The number of anilines is 1. The lowest BCUT2D eigenvalue weighted by atomic mass is 9.94. The Bertz CT molecular complexity index is 748. The number of hydrogen-bond donors (Lipinski definition) is 1. The van der Waals surface area contributed by atoms with Gasteiger partial charge in [0.1, 0.15) is 12.4 Å². The number of nitrogens with zero attached hydrogens (tertiary/aromatic N) is 2. The molecule has 1 amide bonds. The van der Waals surface area contributed by atoms with Gasteiger partial charge in [-0.1, -0.05) is 30.9 Å². The summed E-state index contributed by atoms with van der Waals surface area (Å²) in [7, 11) is 1.89. The van der Waals surface area contributed by atoms with E-state index in [1.807, 2.05) is 24.1 Å². The maximum atomic E-state index is 12.9. The van der Waals surface area contributed by atoms with E-state index in [4.69, 9.17) is 16.3 Å². The molecule has 0 bridgehead atoms. The van der Waals surface area contributed by atoms with Crippen LogP contribution in [0.15, 0.2) is 42.7 Å². The smallest absolute Gasteiger partial charge is 0.254 e. The summed E-state index contributed by atoms with van der Waals surface area (Å²) in [5.41, 5.74) is 1.57. The molecule has 144 valence electrons. The summed E-state index contributed by atoms with van der Waals surface area (Å²) in [6.07, 6.45) is 9.27. The summed E-state index contributed by atoms with van der Waals surface area (Å²) < 4.78 is 5.79. The van der Waals surface area contributed by atoms with Gasteiger partial charge in [0, 0.05) is 48.3 Å². The number of hydrogen-bond acceptors (Lipinski definition) is 4. The van der Waals surface area contributed by atoms with E-state index in [1.165, 1.54) is 19.3 Å². The first-order valence-corrected chi connectivity index (χ1v) is 9.86. The SMILES string of the molecule is CN(C(=O)c1cc(Cl)cc(OCCNc2ccncc2)c1)C1CCCCC1. The monoisotopic (exact) mass is 387 g/mol. The number of ether oxygens (including phenoxy) is 1. The van der Waals surface area contributed by atoms with Crippen LogP contribution in [0.5, 0.6) is 5.75 Å². The predicted molar refractivity (Wildman–Crippen MR) is 109 cm³/mol. The summed E-state index contributed by atoms with van der Waals surface area (Å²) in [5.74, 6) is 0.614. The minimum Gasteiger partial charge on any atom is -0.492 e. The van der Waals surface area contributed by atoms with E-state index in [0.29, 0.717) is 35.5 Å². The van der Waals surface area contributed by atoms with Crippen molar-refractivity contribution in [2.24, 2.45) is 0 Å². The molecule has 1 heterocycles. The van der Waals surface area contributed by atoms with Crippen LogP contribution in [0.2, 0.25) is 5.02 Å². The van der Waals surface area contributed by atoms with E-state index in [0.717, 1.165) is 18.5 Å². The third kappa shape index (κ3) is 5.60. The fourth-order valence-corrected chi connectivity index (χ4v) is 3.67. The number of nitrogens with one attached hydrogen (secondary N) is 1. The Labute approximate surface area is 165 Å². The number of amides is 1. The van der Waals surface area contributed by atoms with E-state index in [2.05, 4.69) is 10.3 Å². The number of benzene rings is 1. The van der Waals surface area contributed by atoms with E-state index in [1.54, 1.807) is 30.6 Å². The van der Waals surface area contributed by atoms with Gasteiger partial charge in [-0.3, -0.25) is 9.78 Å². The molecular formula is C21H26ClN3O2. The molecule has 1 N–H and O–H groups in total. The van der Waals surface area contributed by atoms with Crippen LogP contribution in [0.1, 0.15) is 42.5 Å². The highest BCUT2D eigenvalue weighted by molar-refractivity contribution is 6.31. The van der Waals surface area contributed by atoms with Crippen molar-refractivity contribution < 1.29 is 9.53 Å². The van der Waals surface area contributed by atoms with Gasteiger partial charge in [-0.2, -0.15) is 0 Å². The molecule has 0 unspecified atom stereocenters. The average molecular weight is 388 g/mol. The molecule has 6 heteroatoms. The zero-order valence-electron chi connectivity index (χ0n) is 15.7. The number of pyridine rings is 1. The lowest BCUT2D eigenvalue weighted by molar-refractivity contribution is 0.0696. The van der Waals surface area contributed by atoms with Crippen molar-refractivity contribution in [2.45, 2.75) is 38.1 Å². The summed E-state index contributed by atoms with van der Waals surface area (Å²) in [6.45, 7) is 1.11. The molecule has 0 saturated heterocycles. The first kappa shape index (κ1) is 19.5. The molecule has 1 saturated carbocycles. The van der Waals surface area contributed by atoms with E-state index >= 15 is 0 Å². The van der Waals surface area contributed by atoms with Gasteiger partial charge in [0.15, 0.2) is 0 Å². The first-order chi connectivity index (χ1) is 13.1. The fraction of sp³-hybridized carbons (Fsp3) is 0.429. The third-order valence-electron chi connectivity index (χ3n) is 4.94. The largest absolute Gasteiger partial charge is 0.492 e. The van der Waals surface area contributed by atoms with Crippen LogP contribution < -0.4 is 10.1 Å². The molecule has 1 aliphatic carbocycles. The molecule has 0 aliphatic heterocycles. The van der Waals surface area contributed by atoms with Crippen molar-refractivity contribution >= 4 is 23.2 Å². The van der Waals surface area contributed by atoms with Crippen LogP contribution in [0, 0.1) is 0 Å². The maximum absolute atomic E-state index is 12.9. The zero-order chi connectivity index (χ0) is 19.1. The van der Waals surface area contributed by atoms with Crippen LogP contribution in [0.3, 0.4) is 0 Å². The number of rotatable bonds is 7. The van der Waals surface area contributed by atoms with Gasteiger partial charge in [0.2, 0.25) is 0 Å². The van der Waals surface area contributed by atoms with E-state index in [9.17, 15) is 4.79 Å². The molecule has 3 rings (SSSR count). The molecule has 1 aromatic carbocycles. The van der Waals surface area contributed by atoms with Crippen LogP contribution in [-0.4, -0.2) is 42.0 Å². The molecule has 1 aliphatic rings. The van der Waals surface area contributed by atoms with Gasteiger partial charge >= 0.3 is 0 Å². The molecule has 0 atom stereocenters. The van der Waals surface area contributed by atoms with Gasteiger partial charge < -0.3 is 15.0 Å². The molecule has 1 fully saturated rings. The third-order valence-corrected chi connectivity index (χ3v) is 5.16. The Kier molecular flexibility index (Phi) is 6.93. The normalized spacial score (nSPS) is 14.6. The van der Waals surface area contributed by atoms with Crippen molar-refractivity contribution in [1.82, 2.24) is 9.88 Å². The van der Waals surface area contributed by atoms with Gasteiger partial charge in [-0.15, -0.1) is 0 Å². The number of halogens is 1. The average Bonchev–Trinajstić information content (AvgIpc) is 2.71. The Morgan fingerprint density at radius 3 is 2.70 bits per heavy atom. The highest BCUT2D eigenvalue weighted by atomic mass is 35.5. The Morgan fingerprint density at radius 2 is 1.96 bits per heavy atom. The second-order valence-electron chi connectivity index (χ2n) is 6.89. The second-order valence-corrected chi connectivity index (χ2v) is 7.33. The Balaban J connectivity index is 1.57. The predicted octanol–water partition coefficient (Wildman–Crippen LogP) is 4.63. The zero-order valence-corrected chi connectivity index (χ0v) is 16.4. The van der Waals surface area contributed by atoms with Crippen molar-refractivity contribution in [3.8, 4) is 5.75 Å². The molecule has 2 aromatic rings. The molecule has 27 heavy (non-hydrogen) atoms. The summed E-state index contributed by atoms with van der Waals surface area (Å²) >= 11 is 6.22. The van der Waals surface area contributed by atoms with Crippen LogP contribution in [-0.2, 0) is 0 Å². The molecule has 0 radical (unpaired) electrons. The van der Waals surface area contributed by atoms with Crippen LogP contribution >= 0.6 is 11.6 Å². The van der Waals surface area contributed by atoms with Gasteiger partial charge in [0.05, 0.1) is 0 Å². The molecule has 0 spiro atoms. The van der Waals surface area contributed by atoms with Gasteiger partial charge in [0.25, 0.3) is 5.91 Å². The summed E-state index contributed by atoms with van der Waals surface area (Å²) in [4.78, 5) is 18.7. The van der Waals surface area contributed by atoms with Crippen molar-refractivity contribution in [3.63, 3.8) is 0 Å². The van der Waals surface area contributed by atoms with Gasteiger partial charge in [-0.25, -0.2) is 0 Å².